The molecule has 1 aromatic carbocycles. The molecule has 0 atom stereocenters. The molecule has 0 saturated carbocycles. The van der Waals surface area contributed by atoms with Gasteiger partial charge in [-0.05, 0) is 44.2 Å². The molecule has 1 spiro atoms. The SMILES string of the molecule is Nc1ccc(-c2cnc3c(c2Cl)C2(CC=CC2)CN3)c(F)c1C(=O)N1CCCCC1. The molecule has 3 heterocycles. The first kappa shape index (κ1) is 19.4. The molecule has 3 aliphatic rings. The van der Waals surface area contributed by atoms with Crippen LogP contribution < -0.4 is 11.1 Å². The van der Waals surface area contributed by atoms with Gasteiger partial charge < -0.3 is 16.0 Å². The van der Waals surface area contributed by atoms with Crippen molar-refractivity contribution in [2.24, 2.45) is 0 Å². The van der Waals surface area contributed by atoms with Crippen LogP contribution in [0.4, 0.5) is 15.9 Å². The Kier molecular flexibility index (Phi) is 4.69. The number of rotatable bonds is 2. The molecule has 156 valence electrons. The number of nitrogens with zero attached hydrogens (tertiary/aromatic N) is 2. The van der Waals surface area contributed by atoms with Crippen molar-refractivity contribution < 1.29 is 9.18 Å². The van der Waals surface area contributed by atoms with E-state index in [1.54, 1.807) is 23.2 Å². The van der Waals surface area contributed by atoms with Crippen LogP contribution in [-0.2, 0) is 5.41 Å². The fourth-order valence-electron chi connectivity index (χ4n) is 4.96. The minimum absolute atomic E-state index is 0.0682. The number of aromatic nitrogens is 1. The Morgan fingerprint density at radius 2 is 1.90 bits per heavy atom. The van der Waals surface area contributed by atoms with E-state index in [-0.39, 0.29) is 28.1 Å². The van der Waals surface area contributed by atoms with Crippen LogP contribution in [-0.4, -0.2) is 35.4 Å². The van der Waals surface area contributed by atoms with E-state index in [9.17, 15) is 4.79 Å². The Morgan fingerprint density at radius 1 is 1.17 bits per heavy atom. The zero-order valence-corrected chi connectivity index (χ0v) is 17.4. The number of nitrogens with one attached hydrogen (secondary N) is 1. The molecule has 0 unspecified atom stereocenters. The lowest BCUT2D eigenvalue weighted by molar-refractivity contribution is 0.0721. The third-order valence-electron chi connectivity index (χ3n) is 6.65. The van der Waals surface area contributed by atoms with Gasteiger partial charge in [-0.15, -0.1) is 0 Å². The lowest BCUT2D eigenvalue weighted by atomic mass is 9.80. The van der Waals surface area contributed by atoms with Crippen LogP contribution in [0.1, 0.15) is 48.0 Å². The summed E-state index contributed by atoms with van der Waals surface area (Å²) in [5.74, 6) is -0.221. The van der Waals surface area contributed by atoms with E-state index in [1.165, 1.54) is 0 Å². The van der Waals surface area contributed by atoms with Crippen molar-refractivity contribution in [1.29, 1.82) is 0 Å². The Balaban J connectivity index is 1.60. The number of piperidine rings is 1. The smallest absolute Gasteiger partial charge is 0.258 e. The van der Waals surface area contributed by atoms with E-state index in [0.29, 0.717) is 23.7 Å². The Labute approximate surface area is 180 Å². The lowest BCUT2D eigenvalue weighted by Gasteiger charge is -2.28. The van der Waals surface area contributed by atoms with E-state index < -0.39 is 5.82 Å². The summed E-state index contributed by atoms with van der Waals surface area (Å²) in [4.78, 5) is 19.3. The number of amides is 1. The van der Waals surface area contributed by atoms with Gasteiger partial charge in [-0.3, -0.25) is 4.79 Å². The van der Waals surface area contributed by atoms with E-state index in [1.807, 2.05) is 0 Å². The fourth-order valence-corrected chi connectivity index (χ4v) is 5.40. The quantitative estimate of drug-likeness (QED) is 0.536. The standard InChI is InChI=1S/C23H24ClFN4O/c24-19-15(12-27-21-18(19)23(13-28-21)8-2-3-9-23)14-6-7-16(26)17(20(14)25)22(30)29-10-4-1-5-11-29/h2-3,6-7,12H,1,4-5,8-11,13,26H2,(H,27,28). The van der Waals surface area contributed by atoms with Gasteiger partial charge in [0.25, 0.3) is 5.91 Å². The second kappa shape index (κ2) is 7.27. The average Bonchev–Trinajstić information content (AvgIpc) is 3.38. The molecule has 1 aliphatic carbocycles. The van der Waals surface area contributed by atoms with E-state index in [4.69, 9.17) is 17.3 Å². The van der Waals surface area contributed by atoms with Crippen LogP contribution in [0.3, 0.4) is 0 Å². The number of halogens is 2. The molecule has 1 aromatic heterocycles. The number of pyridine rings is 1. The number of hydrogen-bond donors (Lipinski definition) is 2. The molecule has 1 amide bonds. The summed E-state index contributed by atoms with van der Waals surface area (Å²) in [6.45, 7) is 2.02. The van der Waals surface area contributed by atoms with Crippen molar-refractivity contribution in [2.75, 3.05) is 30.7 Å². The second-order valence-corrected chi connectivity index (χ2v) is 8.85. The number of nitrogens with two attached hydrogens (primary N) is 1. The normalized spacial score (nSPS) is 19.2. The number of carbonyl (C=O) groups is 1. The highest BCUT2D eigenvalue weighted by Crippen LogP contribution is 2.50. The summed E-state index contributed by atoms with van der Waals surface area (Å²) in [5.41, 5.74) is 7.69. The number of anilines is 2. The highest BCUT2D eigenvalue weighted by molar-refractivity contribution is 6.34. The van der Waals surface area contributed by atoms with Gasteiger partial charge in [0.15, 0.2) is 0 Å². The molecule has 1 saturated heterocycles. The van der Waals surface area contributed by atoms with Gasteiger partial charge in [-0.25, -0.2) is 9.37 Å². The number of nitrogen functional groups attached to an aromatic ring is 1. The van der Waals surface area contributed by atoms with Crippen LogP contribution in [0.25, 0.3) is 11.1 Å². The van der Waals surface area contributed by atoms with Gasteiger partial charge in [-0.2, -0.15) is 0 Å². The van der Waals surface area contributed by atoms with Gasteiger partial charge in [-0.1, -0.05) is 23.8 Å². The highest BCUT2D eigenvalue weighted by Gasteiger charge is 2.42. The summed E-state index contributed by atoms with van der Waals surface area (Å²) in [7, 11) is 0. The summed E-state index contributed by atoms with van der Waals surface area (Å²) in [6, 6.07) is 3.18. The van der Waals surface area contributed by atoms with E-state index >= 15 is 4.39 Å². The van der Waals surface area contributed by atoms with Gasteiger partial charge in [0.05, 0.1) is 10.6 Å². The van der Waals surface area contributed by atoms with E-state index in [0.717, 1.165) is 50.0 Å². The topological polar surface area (TPSA) is 71.2 Å². The largest absolute Gasteiger partial charge is 0.398 e. The molecule has 5 nitrogen and oxygen atoms in total. The molecule has 5 rings (SSSR count). The minimum atomic E-state index is -0.626. The number of hydrogen-bond acceptors (Lipinski definition) is 4. The number of likely N-dealkylation sites (tertiary alicyclic amines) is 1. The summed E-state index contributed by atoms with van der Waals surface area (Å²) in [5, 5.41) is 3.83. The van der Waals surface area contributed by atoms with Crippen LogP contribution >= 0.6 is 11.6 Å². The number of benzene rings is 1. The highest BCUT2D eigenvalue weighted by atomic mass is 35.5. The zero-order chi connectivity index (χ0) is 20.9. The van der Waals surface area contributed by atoms with Gasteiger partial charge >= 0.3 is 0 Å². The Hall–Kier alpha value is -2.60. The second-order valence-electron chi connectivity index (χ2n) is 8.47. The summed E-state index contributed by atoms with van der Waals surface area (Å²) < 4.78 is 15.7. The molecule has 3 N–H and O–H groups in total. The van der Waals surface area contributed by atoms with Crippen LogP contribution in [0, 0.1) is 5.82 Å². The van der Waals surface area contributed by atoms with Crippen LogP contribution in [0.2, 0.25) is 5.02 Å². The summed E-state index contributed by atoms with van der Waals surface area (Å²) in [6.07, 6.45) is 10.6. The maximum Gasteiger partial charge on any atom is 0.258 e. The van der Waals surface area contributed by atoms with Crippen molar-refractivity contribution in [3.8, 4) is 11.1 Å². The van der Waals surface area contributed by atoms with Gasteiger partial charge in [0, 0.05) is 53.6 Å². The molecule has 0 radical (unpaired) electrons. The fraction of sp³-hybridized carbons (Fsp3) is 0.391. The van der Waals surface area contributed by atoms with Crippen molar-refractivity contribution in [3.63, 3.8) is 0 Å². The first-order valence-electron chi connectivity index (χ1n) is 10.5. The first-order valence-corrected chi connectivity index (χ1v) is 10.8. The maximum atomic E-state index is 15.7. The number of fused-ring (bicyclic) bond motifs is 2. The zero-order valence-electron chi connectivity index (χ0n) is 16.7. The maximum absolute atomic E-state index is 15.7. The van der Waals surface area contributed by atoms with Crippen LogP contribution in [0.15, 0.2) is 30.5 Å². The number of allylic oxidation sites excluding steroid dienone is 2. The van der Waals surface area contributed by atoms with Crippen molar-refractivity contribution in [1.82, 2.24) is 9.88 Å². The molecular weight excluding hydrogens is 403 g/mol. The molecular formula is C23H24ClFN4O. The van der Waals surface area contributed by atoms with Crippen molar-refractivity contribution >= 4 is 29.0 Å². The Bertz CT molecular complexity index is 1050. The van der Waals surface area contributed by atoms with Crippen molar-refractivity contribution in [3.05, 3.63) is 52.4 Å². The molecule has 1 fully saturated rings. The third-order valence-corrected chi connectivity index (χ3v) is 7.04. The summed E-state index contributed by atoms with van der Waals surface area (Å²) >= 11 is 6.85. The average molecular weight is 427 g/mol. The monoisotopic (exact) mass is 426 g/mol. The lowest BCUT2D eigenvalue weighted by Crippen LogP contribution is -2.36. The first-order chi connectivity index (χ1) is 14.5. The van der Waals surface area contributed by atoms with E-state index in [2.05, 4.69) is 22.5 Å². The molecule has 2 aliphatic heterocycles. The van der Waals surface area contributed by atoms with Gasteiger partial charge in [0.2, 0.25) is 0 Å². The molecule has 0 bridgehead atoms. The Morgan fingerprint density at radius 3 is 2.63 bits per heavy atom. The predicted octanol–water partition coefficient (Wildman–Crippen LogP) is 4.76. The molecule has 30 heavy (non-hydrogen) atoms. The molecule has 7 heteroatoms. The van der Waals surface area contributed by atoms with Crippen molar-refractivity contribution in [2.45, 2.75) is 37.5 Å². The predicted molar refractivity (Wildman–Crippen MR) is 117 cm³/mol. The van der Waals surface area contributed by atoms with Gasteiger partial charge in [0.1, 0.15) is 11.6 Å². The number of carbonyl (C=O) groups excluding carboxylic acids is 1. The molecule has 2 aromatic rings. The minimum Gasteiger partial charge on any atom is -0.398 e. The third kappa shape index (κ3) is 2.88. The van der Waals surface area contributed by atoms with Crippen LogP contribution in [0.5, 0.6) is 0 Å².